The molecule has 3 aromatic rings. The molecule has 2 aromatic heterocycles. The number of hydrogen-bond donors (Lipinski definition) is 0. The van der Waals surface area contributed by atoms with Crippen LogP contribution in [0.15, 0.2) is 41.1 Å². The second-order valence-electron chi connectivity index (χ2n) is 7.14. The number of para-hydroxylation sites is 1. The summed E-state index contributed by atoms with van der Waals surface area (Å²) in [5, 5.41) is 4.11. The van der Waals surface area contributed by atoms with Gasteiger partial charge in [-0.05, 0) is 38.2 Å². The Morgan fingerprint density at radius 1 is 1.10 bits per heavy atom. The topological polar surface area (TPSA) is 76.8 Å². The van der Waals surface area contributed by atoms with Crippen LogP contribution in [0.3, 0.4) is 0 Å². The number of nitrogens with zero attached hydrogens (tertiary/aromatic N) is 5. The van der Waals surface area contributed by atoms with Crippen molar-refractivity contribution < 1.29 is 14.0 Å². The lowest BCUT2D eigenvalue weighted by atomic mass is 10.1. The van der Waals surface area contributed by atoms with Crippen molar-refractivity contribution in [2.24, 2.45) is 0 Å². The number of pyridine rings is 1. The van der Waals surface area contributed by atoms with E-state index in [9.17, 15) is 0 Å². The van der Waals surface area contributed by atoms with Crippen molar-refractivity contribution in [3.63, 3.8) is 0 Å². The van der Waals surface area contributed by atoms with E-state index in [0.29, 0.717) is 34.8 Å². The van der Waals surface area contributed by atoms with Crippen LogP contribution in [-0.4, -0.2) is 67.0 Å². The molecule has 0 spiro atoms. The van der Waals surface area contributed by atoms with E-state index in [4.69, 9.17) is 14.0 Å². The quantitative estimate of drug-likeness (QED) is 0.653. The van der Waals surface area contributed by atoms with Crippen molar-refractivity contribution in [3.05, 3.63) is 36.5 Å². The Bertz CT molecular complexity index is 973. The number of piperazine rings is 1. The van der Waals surface area contributed by atoms with E-state index in [0.717, 1.165) is 31.0 Å². The summed E-state index contributed by atoms with van der Waals surface area (Å²) in [7, 11) is 5.34. The molecule has 1 atom stereocenters. The van der Waals surface area contributed by atoms with E-state index in [1.54, 1.807) is 20.4 Å². The highest BCUT2D eigenvalue weighted by molar-refractivity contribution is 5.69. The summed E-state index contributed by atoms with van der Waals surface area (Å²) in [6.45, 7) is 5.18. The van der Waals surface area contributed by atoms with Gasteiger partial charge in [-0.25, -0.2) is 4.98 Å². The van der Waals surface area contributed by atoms with Gasteiger partial charge in [0.2, 0.25) is 5.82 Å². The van der Waals surface area contributed by atoms with E-state index >= 15 is 0 Å². The molecule has 3 heterocycles. The molecular weight excluding hydrogens is 370 g/mol. The molecule has 8 nitrogen and oxygen atoms in total. The van der Waals surface area contributed by atoms with Gasteiger partial charge in [-0.1, -0.05) is 11.2 Å². The van der Waals surface area contributed by atoms with E-state index < -0.39 is 0 Å². The Hall–Kier alpha value is -3.13. The number of rotatable bonds is 5. The van der Waals surface area contributed by atoms with E-state index in [-0.39, 0.29) is 0 Å². The first-order valence-electron chi connectivity index (χ1n) is 9.57. The maximum Gasteiger partial charge on any atom is 0.259 e. The van der Waals surface area contributed by atoms with Gasteiger partial charge in [0.15, 0.2) is 11.5 Å². The molecule has 1 saturated heterocycles. The Labute approximate surface area is 170 Å². The number of aromatic nitrogens is 3. The number of hydrogen-bond acceptors (Lipinski definition) is 8. The first kappa shape index (κ1) is 19.2. The van der Waals surface area contributed by atoms with Crippen molar-refractivity contribution in [1.82, 2.24) is 20.0 Å². The minimum atomic E-state index is 0.413. The summed E-state index contributed by atoms with van der Waals surface area (Å²) in [6, 6.07) is 10.0. The summed E-state index contributed by atoms with van der Waals surface area (Å²) < 4.78 is 16.3. The molecule has 0 N–H and O–H groups in total. The molecular formula is C21H25N5O3. The SMILES string of the molecule is COc1cccc(-c2noc(-c3ccc(N4CCN(C)[C@H](C)C4)nc3)n2)c1OC. The molecule has 0 radical (unpaired) electrons. The summed E-state index contributed by atoms with van der Waals surface area (Å²) in [4.78, 5) is 13.8. The Morgan fingerprint density at radius 2 is 1.97 bits per heavy atom. The first-order valence-corrected chi connectivity index (χ1v) is 9.57. The Morgan fingerprint density at radius 3 is 2.66 bits per heavy atom. The number of ether oxygens (including phenoxy) is 2. The molecule has 1 aromatic carbocycles. The predicted octanol–water partition coefficient (Wildman–Crippen LogP) is 2.96. The average molecular weight is 395 g/mol. The van der Waals surface area contributed by atoms with Crippen LogP contribution in [0.25, 0.3) is 22.8 Å². The van der Waals surface area contributed by atoms with Gasteiger partial charge < -0.3 is 23.8 Å². The number of benzene rings is 1. The van der Waals surface area contributed by atoms with Crippen molar-refractivity contribution in [2.45, 2.75) is 13.0 Å². The molecule has 0 saturated carbocycles. The average Bonchev–Trinajstić information content (AvgIpc) is 3.25. The Balaban J connectivity index is 1.56. The Kier molecular flexibility index (Phi) is 5.35. The van der Waals surface area contributed by atoms with Crippen molar-refractivity contribution in [3.8, 4) is 34.3 Å². The number of likely N-dealkylation sites (N-methyl/N-ethyl adjacent to an activating group) is 1. The highest BCUT2D eigenvalue weighted by Gasteiger charge is 2.22. The van der Waals surface area contributed by atoms with Gasteiger partial charge in [-0.15, -0.1) is 0 Å². The maximum atomic E-state index is 5.48. The second-order valence-corrected chi connectivity index (χ2v) is 7.14. The molecule has 0 aliphatic carbocycles. The third kappa shape index (κ3) is 3.75. The fourth-order valence-electron chi connectivity index (χ4n) is 3.47. The smallest absolute Gasteiger partial charge is 0.259 e. The van der Waals surface area contributed by atoms with Gasteiger partial charge in [0.05, 0.1) is 25.3 Å². The normalized spacial score (nSPS) is 17.4. The number of methoxy groups -OCH3 is 2. The number of anilines is 1. The summed E-state index contributed by atoms with van der Waals surface area (Å²) >= 11 is 0. The molecule has 152 valence electrons. The van der Waals surface area contributed by atoms with Gasteiger partial charge in [0.25, 0.3) is 5.89 Å². The van der Waals surface area contributed by atoms with Gasteiger partial charge in [-0.3, -0.25) is 0 Å². The van der Waals surface area contributed by atoms with Crippen LogP contribution in [0.5, 0.6) is 11.5 Å². The van der Waals surface area contributed by atoms with Gasteiger partial charge in [0, 0.05) is 31.9 Å². The van der Waals surface area contributed by atoms with Crippen LogP contribution in [-0.2, 0) is 0 Å². The highest BCUT2D eigenvalue weighted by atomic mass is 16.5. The van der Waals surface area contributed by atoms with Gasteiger partial charge in [0.1, 0.15) is 5.82 Å². The predicted molar refractivity (Wildman–Crippen MR) is 110 cm³/mol. The molecule has 0 bridgehead atoms. The lowest BCUT2D eigenvalue weighted by molar-refractivity contribution is 0.233. The van der Waals surface area contributed by atoms with Gasteiger partial charge >= 0.3 is 0 Å². The van der Waals surface area contributed by atoms with Crippen LogP contribution in [0.2, 0.25) is 0 Å². The minimum Gasteiger partial charge on any atom is -0.493 e. The van der Waals surface area contributed by atoms with E-state index in [2.05, 4.69) is 38.9 Å². The fraction of sp³-hybridized carbons (Fsp3) is 0.381. The van der Waals surface area contributed by atoms with Crippen molar-refractivity contribution in [2.75, 3.05) is 45.8 Å². The van der Waals surface area contributed by atoms with Crippen LogP contribution in [0.1, 0.15) is 6.92 Å². The van der Waals surface area contributed by atoms with E-state index in [1.807, 2.05) is 30.3 Å². The summed E-state index contributed by atoms with van der Waals surface area (Å²) in [5.41, 5.74) is 1.48. The van der Waals surface area contributed by atoms with Crippen LogP contribution in [0.4, 0.5) is 5.82 Å². The second kappa shape index (κ2) is 8.08. The summed E-state index contributed by atoms with van der Waals surface area (Å²) in [5.74, 6) is 3.00. The molecule has 8 heteroatoms. The molecule has 1 fully saturated rings. The zero-order valence-corrected chi connectivity index (χ0v) is 17.1. The van der Waals surface area contributed by atoms with Crippen molar-refractivity contribution >= 4 is 5.82 Å². The molecule has 1 aliphatic heterocycles. The molecule has 29 heavy (non-hydrogen) atoms. The lowest BCUT2D eigenvalue weighted by Crippen LogP contribution is -2.50. The molecule has 1 aliphatic rings. The highest BCUT2D eigenvalue weighted by Crippen LogP contribution is 2.37. The van der Waals surface area contributed by atoms with Crippen LogP contribution >= 0.6 is 0 Å². The largest absolute Gasteiger partial charge is 0.493 e. The molecule has 0 amide bonds. The monoisotopic (exact) mass is 395 g/mol. The maximum absolute atomic E-state index is 5.48. The third-order valence-corrected chi connectivity index (χ3v) is 5.35. The molecule has 0 unspecified atom stereocenters. The van der Waals surface area contributed by atoms with Crippen molar-refractivity contribution in [1.29, 1.82) is 0 Å². The zero-order valence-electron chi connectivity index (χ0n) is 17.1. The zero-order chi connectivity index (χ0) is 20.4. The van der Waals surface area contributed by atoms with Gasteiger partial charge in [-0.2, -0.15) is 4.98 Å². The van der Waals surface area contributed by atoms with Crippen LogP contribution < -0.4 is 14.4 Å². The first-order chi connectivity index (χ1) is 14.1. The minimum absolute atomic E-state index is 0.413. The van der Waals surface area contributed by atoms with Crippen LogP contribution in [0, 0.1) is 0 Å². The standard InChI is InChI=1S/C21H25N5O3/c1-14-13-26(11-10-25(14)2)18-9-8-15(12-22-18)21-23-20(24-29-21)16-6-5-7-17(27-3)19(16)28-4/h5-9,12,14H,10-11,13H2,1-4H3/t14-/m1/s1. The summed E-state index contributed by atoms with van der Waals surface area (Å²) in [6.07, 6.45) is 1.78. The third-order valence-electron chi connectivity index (χ3n) is 5.35. The fourth-order valence-corrected chi connectivity index (χ4v) is 3.47. The molecule has 4 rings (SSSR count). The van der Waals surface area contributed by atoms with E-state index in [1.165, 1.54) is 0 Å². The lowest BCUT2D eigenvalue weighted by Gasteiger charge is -2.38.